The van der Waals surface area contributed by atoms with Gasteiger partial charge in [-0.25, -0.2) is 0 Å². The van der Waals surface area contributed by atoms with Gasteiger partial charge in [-0.3, -0.25) is 10.1 Å². The predicted molar refractivity (Wildman–Crippen MR) is 171 cm³/mol. The number of amides is 1. The summed E-state index contributed by atoms with van der Waals surface area (Å²) in [5, 5.41) is 24.5. The minimum Gasteiger partial charge on any atom is -0.377 e. The first-order valence-electron chi connectivity index (χ1n) is 16.3. The molecule has 4 rings (SSSR count). The van der Waals surface area contributed by atoms with Crippen LogP contribution in [0.25, 0.3) is 0 Å². The summed E-state index contributed by atoms with van der Waals surface area (Å²) < 4.78 is 12.5. The van der Waals surface area contributed by atoms with Gasteiger partial charge in [-0.2, -0.15) is 5.26 Å². The molecule has 0 radical (unpaired) electrons. The molecular formula is C31H54BrClN6O3. The number of nitrogens with zero attached hydrogens (tertiary/aromatic N) is 2. The summed E-state index contributed by atoms with van der Waals surface area (Å²) in [6, 6.07) is 3.26. The van der Waals surface area contributed by atoms with Gasteiger partial charge in [-0.05, 0) is 90.8 Å². The fraction of sp³-hybridized carbons (Fsp3) is 0.935. The third-order valence-corrected chi connectivity index (χ3v) is 11.2. The van der Waals surface area contributed by atoms with Crippen molar-refractivity contribution >= 4 is 33.4 Å². The Morgan fingerprint density at radius 2 is 1.95 bits per heavy atom. The molecule has 0 aromatic carbocycles. The molecule has 240 valence electrons. The van der Waals surface area contributed by atoms with Gasteiger partial charge in [0, 0.05) is 43.7 Å². The van der Waals surface area contributed by atoms with E-state index in [0.717, 1.165) is 51.5 Å². The molecule has 2 aliphatic heterocycles. The first-order valence-corrected chi connectivity index (χ1v) is 17.6. The van der Waals surface area contributed by atoms with Crippen molar-refractivity contribution in [2.24, 2.45) is 17.8 Å². The fourth-order valence-electron chi connectivity index (χ4n) is 7.49. The Morgan fingerprint density at radius 3 is 2.67 bits per heavy atom. The normalized spacial score (nSPS) is 40.7. The molecule has 0 aromatic heterocycles. The van der Waals surface area contributed by atoms with Gasteiger partial charge in [0.15, 0.2) is 0 Å². The molecule has 0 bridgehead atoms. The number of hydrogen-bond donors (Lipinski definition) is 4. The minimum atomic E-state index is -0.153. The van der Waals surface area contributed by atoms with Gasteiger partial charge in [0.25, 0.3) is 0 Å². The van der Waals surface area contributed by atoms with E-state index in [4.69, 9.17) is 21.1 Å². The van der Waals surface area contributed by atoms with Crippen molar-refractivity contribution in [3.8, 4) is 6.07 Å². The maximum absolute atomic E-state index is 12.9. The van der Waals surface area contributed by atoms with Crippen LogP contribution in [0.2, 0.25) is 0 Å². The van der Waals surface area contributed by atoms with Gasteiger partial charge >= 0.3 is 0 Å². The molecule has 42 heavy (non-hydrogen) atoms. The molecule has 9 nitrogen and oxygen atoms in total. The van der Waals surface area contributed by atoms with Crippen molar-refractivity contribution in [3.63, 3.8) is 0 Å². The molecule has 0 spiro atoms. The standard InChI is InChI=1S/C31H54BrClN6O3/c1-5-41-28-15-25-22(14-26(28)37-30(40)7-6-12-39(3)4)31(20(16-34)17-35-25)38-24-10-9-21(13-23(24)33)42-18-27-19(2)8-11-29(32)36-27/h19-29,31,35-36,38H,5-15,17-18H2,1-4H3,(H,37,40). The van der Waals surface area contributed by atoms with Gasteiger partial charge in [-0.15, -0.1) is 11.6 Å². The Balaban J connectivity index is 1.34. The van der Waals surface area contributed by atoms with E-state index in [1.807, 2.05) is 21.0 Å². The number of alkyl halides is 2. The number of piperidine rings is 2. The fourth-order valence-corrected chi connectivity index (χ4v) is 8.49. The molecule has 2 saturated carbocycles. The van der Waals surface area contributed by atoms with E-state index in [0.29, 0.717) is 43.1 Å². The Hall–Kier alpha value is -0.510. The van der Waals surface area contributed by atoms with Crippen LogP contribution in [0.15, 0.2) is 0 Å². The molecular weight excluding hydrogens is 620 g/mol. The summed E-state index contributed by atoms with van der Waals surface area (Å²) in [6.07, 6.45) is 8.14. The number of carbonyl (C=O) groups excluding carboxylic acids is 1. The van der Waals surface area contributed by atoms with Crippen LogP contribution in [0.5, 0.6) is 0 Å². The third-order valence-electron chi connectivity index (χ3n) is 9.97. The van der Waals surface area contributed by atoms with Crippen molar-refractivity contribution in [2.45, 2.75) is 124 Å². The summed E-state index contributed by atoms with van der Waals surface area (Å²) in [7, 11) is 4.05. The SMILES string of the molecule is CCOC1CC2NCC(C#N)C(NC3CCC(OCC4NC(Br)CCC4C)CC3Cl)C2CC1NC(=O)CCCN(C)C. The molecule has 2 aliphatic carbocycles. The van der Waals surface area contributed by atoms with Crippen molar-refractivity contribution in [1.29, 1.82) is 5.26 Å². The molecule has 2 saturated heterocycles. The third kappa shape index (κ3) is 9.50. The maximum atomic E-state index is 12.9. The number of fused-ring (bicyclic) bond motifs is 1. The van der Waals surface area contributed by atoms with Crippen LogP contribution in [0.4, 0.5) is 0 Å². The lowest BCUT2D eigenvalue weighted by molar-refractivity contribution is -0.124. The molecule has 2 heterocycles. The lowest BCUT2D eigenvalue weighted by Gasteiger charge is -2.50. The van der Waals surface area contributed by atoms with Crippen LogP contribution in [-0.2, 0) is 14.3 Å². The molecule has 0 aromatic rings. The van der Waals surface area contributed by atoms with Crippen molar-refractivity contribution in [1.82, 2.24) is 26.2 Å². The first kappa shape index (κ1) is 34.4. The largest absolute Gasteiger partial charge is 0.377 e. The molecule has 11 heteroatoms. The average molecular weight is 674 g/mol. The van der Waals surface area contributed by atoms with Gasteiger partial charge in [0.1, 0.15) is 0 Å². The first-order chi connectivity index (χ1) is 20.2. The number of halogens is 2. The van der Waals surface area contributed by atoms with Crippen LogP contribution in [-0.4, -0.2) is 104 Å². The molecule has 12 unspecified atom stereocenters. The van der Waals surface area contributed by atoms with Crippen LogP contribution < -0.4 is 21.3 Å². The van der Waals surface area contributed by atoms with Gasteiger partial charge in [-0.1, -0.05) is 22.9 Å². The Labute approximate surface area is 267 Å². The number of carbonyl (C=O) groups is 1. The zero-order chi connectivity index (χ0) is 30.2. The lowest BCUT2D eigenvalue weighted by Crippen LogP contribution is -2.66. The van der Waals surface area contributed by atoms with E-state index >= 15 is 0 Å². The monoisotopic (exact) mass is 672 g/mol. The van der Waals surface area contributed by atoms with Crippen molar-refractivity contribution in [3.05, 3.63) is 0 Å². The number of rotatable bonds is 12. The highest BCUT2D eigenvalue weighted by atomic mass is 79.9. The number of nitrogens with one attached hydrogen (secondary N) is 4. The number of ether oxygens (including phenoxy) is 2. The molecule has 1 amide bonds. The number of hydrogen-bond acceptors (Lipinski definition) is 8. The zero-order valence-electron chi connectivity index (χ0n) is 26.0. The van der Waals surface area contributed by atoms with Gasteiger partial charge in [0.2, 0.25) is 5.91 Å². The number of nitriles is 1. The smallest absolute Gasteiger partial charge is 0.220 e. The van der Waals surface area contributed by atoms with Gasteiger partial charge in [0.05, 0.1) is 47.2 Å². The highest BCUT2D eigenvalue weighted by Gasteiger charge is 2.48. The zero-order valence-corrected chi connectivity index (χ0v) is 28.3. The Morgan fingerprint density at radius 1 is 1.14 bits per heavy atom. The van der Waals surface area contributed by atoms with E-state index < -0.39 is 0 Å². The lowest BCUT2D eigenvalue weighted by atomic mass is 9.69. The van der Waals surface area contributed by atoms with E-state index in [9.17, 15) is 10.1 Å². The predicted octanol–water partition coefficient (Wildman–Crippen LogP) is 3.35. The molecule has 4 fully saturated rings. The summed E-state index contributed by atoms with van der Waals surface area (Å²) >= 11 is 10.7. The van der Waals surface area contributed by atoms with Gasteiger partial charge < -0.3 is 30.3 Å². The summed E-state index contributed by atoms with van der Waals surface area (Å²) in [5.41, 5.74) is 0. The maximum Gasteiger partial charge on any atom is 0.220 e. The van der Waals surface area contributed by atoms with Crippen molar-refractivity contribution < 1.29 is 14.3 Å². The van der Waals surface area contributed by atoms with Crippen molar-refractivity contribution in [2.75, 3.05) is 40.4 Å². The summed E-state index contributed by atoms with van der Waals surface area (Å²) in [4.78, 5) is 15.3. The van der Waals surface area contributed by atoms with E-state index in [1.54, 1.807) is 0 Å². The molecule has 4 aliphatic rings. The Kier molecular flexibility index (Phi) is 13.7. The highest BCUT2D eigenvalue weighted by molar-refractivity contribution is 9.09. The average Bonchev–Trinajstić information content (AvgIpc) is 2.95. The molecule has 12 atom stereocenters. The summed E-state index contributed by atoms with van der Waals surface area (Å²) in [5.74, 6) is 0.740. The van der Waals surface area contributed by atoms with Crippen LogP contribution in [0.1, 0.15) is 71.6 Å². The van der Waals surface area contributed by atoms with Crippen LogP contribution >= 0.6 is 27.5 Å². The summed E-state index contributed by atoms with van der Waals surface area (Å²) in [6.45, 7) is 7.18. The van der Waals surface area contributed by atoms with E-state index in [2.05, 4.69) is 55.1 Å². The second-order valence-electron chi connectivity index (χ2n) is 13.3. The topological polar surface area (TPSA) is 111 Å². The highest BCUT2D eigenvalue weighted by Crippen LogP contribution is 2.37. The van der Waals surface area contributed by atoms with E-state index in [1.165, 1.54) is 6.42 Å². The second kappa shape index (κ2) is 16.7. The Bertz CT molecular complexity index is 895. The minimum absolute atomic E-state index is 0.0174. The van der Waals surface area contributed by atoms with Crippen LogP contribution in [0, 0.1) is 29.1 Å². The second-order valence-corrected chi connectivity index (χ2v) is 15.0. The van der Waals surface area contributed by atoms with E-state index in [-0.39, 0.29) is 59.5 Å². The van der Waals surface area contributed by atoms with Crippen LogP contribution in [0.3, 0.4) is 0 Å². The molecule has 4 N–H and O–H groups in total. The quantitative estimate of drug-likeness (QED) is 0.185.